The van der Waals surface area contributed by atoms with Crippen molar-refractivity contribution in [2.45, 2.75) is 6.42 Å². The van der Waals surface area contributed by atoms with Crippen molar-refractivity contribution in [2.24, 2.45) is 0 Å². The third-order valence-corrected chi connectivity index (χ3v) is 3.43. The second kappa shape index (κ2) is 7.36. The monoisotopic (exact) mass is 291 g/mol. The molecule has 4 N–H and O–H groups in total. The van der Waals surface area contributed by atoms with Crippen LogP contribution in [0.1, 0.15) is 5.56 Å². The number of hydrogen-bond acceptors (Lipinski definition) is 5. The summed E-state index contributed by atoms with van der Waals surface area (Å²) in [5.74, 6) is 2.18. The van der Waals surface area contributed by atoms with Gasteiger partial charge in [0.2, 0.25) is 0 Å². The van der Waals surface area contributed by atoms with Gasteiger partial charge >= 0.3 is 5.96 Å². The minimum Gasteiger partial charge on any atom is -0.493 e. The molecular formula is C14H21N5O2+2. The van der Waals surface area contributed by atoms with Crippen LogP contribution in [-0.2, 0) is 6.42 Å². The van der Waals surface area contributed by atoms with Gasteiger partial charge in [-0.2, -0.15) is 10.6 Å². The van der Waals surface area contributed by atoms with Gasteiger partial charge < -0.3 is 9.47 Å². The van der Waals surface area contributed by atoms with E-state index in [9.17, 15) is 0 Å². The average molecular weight is 291 g/mol. The third-order valence-electron chi connectivity index (χ3n) is 3.43. The van der Waals surface area contributed by atoms with Crippen LogP contribution in [-0.4, -0.2) is 40.1 Å². The highest BCUT2D eigenvalue weighted by atomic mass is 16.5. The van der Waals surface area contributed by atoms with Gasteiger partial charge in [0.25, 0.3) is 6.19 Å². The van der Waals surface area contributed by atoms with Gasteiger partial charge in [0.1, 0.15) is 0 Å². The second-order valence-corrected chi connectivity index (χ2v) is 4.76. The third kappa shape index (κ3) is 4.00. The number of ether oxygens (including phenoxy) is 2. The van der Waals surface area contributed by atoms with Crippen molar-refractivity contribution < 1.29 is 19.4 Å². The van der Waals surface area contributed by atoms with Gasteiger partial charge in [-0.25, -0.2) is 10.3 Å². The lowest BCUT2D eigenvalue weighted by Crippen LogP contribution is -3.24. The van der Waals surface area contributed by atoms with E-state index in [0.29, 0.717) is 5.96 Å². The maximum atomic E-state index is 8.54. The Labute approximate surface area is 124 Å². The van der Waals surface area contributed by atoms with Crippen molar-refractivity contribution in [3.05, 3.63) is 23.8 Å². The number of hydrogen-bond donors (Lipinski definition) is 4. The summed E-state index contributed by atoms with van der Waals surface area (Å²) < 4.78 is 10.5. The zero-order chi connectivity index (χ0) is 15.1. The fourth-order valence-electron chi connectivity index (χ4n) is 2.23. The molecule has 1 aromatic rings. The summed E-state index contributed by atoms with van der Waals surface area (Å²) in [7, 11) is 3.28. The van der Waals surface area contributed by atoms with Crippen LogP contribution in [0.3, 0.4) is 0 Å². The molecule has 0 saturated carbocycles. The molecule has 1 unspecified atom stereocenters. The molecule has 0 fully saturated rings. The molecule has 0 bridgehead atoms. The molecule has 1 atom stereocenters. The number of quaternary nitrogens is 1. The zero-order valence-electron chi connectivity index (χ0n) is 12.3. The smallest absolute Gasteiger partial charge is 0.366 e. The molecule has 0 amide bonds. The van der Waals surface area contributed by atoms with E-state index in [1.165, 1.54) is 10.5 Å². The summed E-state index contributed by atoms with van der Waals surface area (Å²) in [6, 6.07) is 6.00. The summed E-state index contributed by atoms with van der Waals surface area (Å²) in [4.78, 5) is 4.51. The second-order valence-electron chi connectivity index (χ2n) is 4.76. The zero-order valence-corrected chi connectivity index (χ0v) is 12.3. The van der Waals surface area contributed by atoms with Crippen molar-refractivity contribution >= 4 is 5.96 Å². The molecule has 2 rings (SSSR count). The van der Waals surface area contributed by atoms with Crippen molar-refractivity contribution in [1.29, 1.82) is 5.26 Å². The lowest BCUT2D eigenvalue weighted by molar-refractivity contribution is -0.980. The van der Waals surface area contributed by atoms with Gasteiger partial charge in [-0.15, -0.1) is 0 Å². The molecular weight excluding hydrogens is 270 g/mol. The number of guanidine groups is 1. The Balaban J connectivity index is 1.88. The minimum absolute atomic E-state index is 0.673. The molecule has 112 valence electrons. The highest BCUT2D eigenvalue weighted by molar-refractivity contribution is 5.75. The fourth-order valence-corrected chi connectivity index (χ4v) is 2.23. The van der Waals surface area contributed by atoms with E-state index in [1.54, 1.807) is 14.2 Å². The first kappa shape index (κ1) is 14.9. The maximum absolute atomic E-state index is 8.54. The summed E-state index contributed by atoms with van der Waals surface area (Å²) in [5.41, 5.74) is 1.21. The Morgan fingerprint density at radius 3 is 2.81 bits per heavy atom. The molecule has 0 saturated heterocycles. The van der Waals surface area contributed by atoms with Crippen LogP contribution in [0.4, 0.5) is 0 Å². The van der Waals surface area contributed by atoms with E-state index < -0.39 is 0 Å². The first-order valence-electron chi connectivity index (χ1n) is 6.81. The van der Waals surface area contributed by atoms with E-state index >= 15 is 0 Å². The molecule has 1 aliphatic heterocycles. The van der Waals surface area contributed by atoms with Crippen LogP contribution in [0.15, 0.2) is 18.2 Å². The van der Waals surface area contributed by atoms with Crippen LogP contribution < -0.4 is 30.0 Å². The Hall–Kier alpha value is -2.46. The lowest BCUT2D eigenvalue weighted by atomic mass is 10.1. The summed E-state index contributed by atoms with van der Waals surface area (Å²) in [5, 5.41) is 14.2. The van der Waals surface area contributed by atoms with E-state index in [0.717, 1.165) is 37.8 Å². The van der Waals surface area contributed by atoms with Crippen LogP contribution in [0.5, 0.6) is 11.5 Å². The predicted molar refractivity (Wildman–Crippen MR) is 76.7 cm³/mol. The molecule has 0 radical (unpaired) electrons. The number of rotatable bonds is 5. The van der Waals surface area contributed by atoms with Gasteiger partial charge in [-0.05, 0) is 17.7 Å². The predicted octanol–water partition coefficient (Wildman–Crippen LogP) is -2.84. The number of benzene rings is 1. The van der Waals surface area contributed by atoms with E-state index in [1.807, 2.05) is 18.3 Å². The molecule has 21 heavy (non-hydrogen) atoms. The number of nitriles is 1. The van der Waals surface area contributed by atoms with Gasteiger partial charge in [-0.3, -0.25) is 4.90 Å². The molecule has 7 heteroatoms. The highest BCUT2D eigenvalue weighted by Crippen LogP contribution is 2.27. The van der Waals surface area contributed by atoms with Crippen LogP contribution in [0, 0.1) is 11.5 Å². The molecule has 7 nitrogen and oxygen atoms in total. The normalized spacial score (nSPS) is 17.2. The van der Waals surface area contributed by atoms with E-state index in [2.05, 4.69) is 21.7 Å². The molecule has 1 aromatic carbocycles. The standard InChI is InChI=1S/C14H19N5O2/c1-20-12-4-3-11(7-13(12)21-2)5-6-19-9-17-14(16-8-15)18-10-19/h3-4,7H,5-6,9-10H2,1-2H3,(H2,16,17,18)/p+2. The molecule has 1 aliphatic rings. The van der Waals surface area contributed by atoms with Crippen LogP contribution in [0.2, 0.25) is 0 Å². The number of methoxy groups -OCH3 is 2. The molecule has 0 spiro atoms. The van der Waals surface area contributed by atoms with Gasteiger partial charge in [0.15, 0.2) is 24.8 Å². The highest BCUT2D eigenvalue weighted by Gasteiger charge is 2.19. The summed E-state index contributed by atoms with van der Waals surface area (Å²) >= 11 is 0. The first-order chi connectivity index (χ1) is 10.3. The van der Waals surface area contributed by atoms with Gasteiger partial charge in [0.05, 0.1) is 20.8 Å². The number of nitrogens with zero attached hydrogens (tertiary/aromatic N) is 1. The average Bonchev–Trinajstić information content (AvgIpc) is 2.54. The molecule has 0 aromatic heterocycles. The quantitative estimate of drug-likeness (QED) is 0.347. The molecule has 1 heterocycles. The Morgan fingerprint density at radius 2 is 2.19 bits per heavy atom. The molecule has 0 aliphatic carbocycles. The Bertz CT molecular complexity index is 553. The lowest BCUT2D eigenvalue weighted by Gasteiger charge is -2.19. The van der Waals surface area contributed by atoms with Crippen molar-refractivity contribution in [3.63, 3.8) is 0 Å². The topological polar surface area (TPSA) is 84.7 Å². The fraction of sp³-hybridized carbons (Fsp3) is 0.429. The van der Waals surface area contributed by atoms with Gasteiger partial charge in [-0.1, -0.05) is 6.07 Å². The van der Waals surface area contributed by atoms with Crippen LogP contribution in [0.25, 0.3) is 0 Å². The minimum atomic E-state index is 0.673. The Morgan fingerprint density at radius 1 is 1.38 bits per heavy atom. The number of nitrogens with one attached hydrogen (secondary N) is 4. The van der Waals surface area contributed by atoms with Crippen molar-refractivity contribution in [1.82, 2.24) is 10.6 Å². The Kier molecular flexibility index (Phi) is 5.23. The van der Waals surface area contributed by atoms with Gasteiger partial charge in [0, 0.05) is 6.42 Å². The summed E-state index contributed by atoms with van der Waals surface area (Å²) in [6.45, 7) is 2.55. The largest absolute Gasteiger partial charge is 0.493 e. The van der Waals surface area contributed by atoms with Crippen molar-refractivity contribution in [3.8, 4) is 17.7 Å². The maximum Gasteiger partial charge on any atom is 0.366 e. The summed E-state index contributed by atoms with van der Waals surface area (Å²) in [6.07, 6.45) is 2.83. The first-order valence-corrected chi connectivity index (χ1v) is 6.81. The van der Waals surface area contributed by atoms with E-state index in [-0.39, 0.29) is 0 Å². The van der Waals surface area contributed by atoms with Crippen molar-refractivity contribution in [2.75, 3.05) is 34.1 Å². The SMILES string of the molecule is COc1ccc(CC[NH+]2CNC(NC#N)=[NH+]C2)cc1OC. The van der Waals surface area contributed by atoms with Crippen LogP contribution >= 0.6 is 0 Å². The van der Waals surface area contributed by atoms with E-state index in [4.69, 9.17) is 14.7 Å².